The van der Waals surface area contributed by atoms with Gasteiger partial charge >= 0.3 is 0 Å². The molecule has 0 bridgehead atoms. The van der Waals surface area contributed by atoms with Crippen LogP contribution in [0.1, 0.15) is 50.6 Å². The van der Waals surface area contributed by atoms with Crippen molar-refractivity contribution in [2.24, 2.45) is 5.92 Å². The quantitative estimate of drug-likeness (QED) is 0.278. The topological polar surface area (TPSA) is 94.5 Å². The fourth-order valence-electron chi connectivity index (χ4n) is 8.11. The average molecular weight is 580 g/mol. The van der Waals surface area contributed by atoms with E-state index in [4.69, 9.17) is 18.9 Å². The Hall–Kier alpha value is -4.56. The Kier molecular flexibility index (Phi) is 6.36. The molecule has 4 unspecified atom stereocenters. The maximum Gasteiger partial charge on any atom is 0.203 e. The van der Waals surface area contributed by atoms with Crippen LogP contribution in [0, 0.1) is 5.92 Å². The van der Waals surface area contributed by atoms with E-state index in [9.17, 15) is 9.90 Å². The van der Waals surface area contributed by atoms with Crippen LogP contribution < -0.4 is 18.9 Å². The molecule has 4 aromatic rings. The first-order valence-corrected chi connectivity index (χ1v) is 14.5. The molecule has 0 saturated carbocycles. The molecule has 0 radical (unpaired) electrons. The first-order valence-electron chi connectivity index (χ1n) is 14.5. The lowest BCUT2D eigenvalue weighted by molar-refractivity contribution is 0.0519. The van der Waals surface area contributed by atoms with Gasteiger partial charge in [-0.25, -0.2) is 0 Å². The highest BCUT2D eigenvalue weighted by Crippen LogP contribution is 2.63. The fourth-order valence-corrected chi connectivity index (χ4v) is 8.11. The molecule has 3 aliphatic rings. The highest BCUT2D eigenvalue weighted by Gasteiger charge is 2.69. The van der Waals surface area contributed by atoms with Gasteiger partial charge in [-0.15, -0.1) is 0 Å². The van der Waals surface area contributed by atoms with Crippen LogP contribution in [-0.2, 0) is 5.54 Å². The van der Waals surface area contributed by atoms with Gasteiger partial charge in [0.05, 0.1) is 34.4 Å². The number of ketones is 2. The van der Waals surface area contributed by atoms with Gasteiger partial charge in [-0.1, -0.05) is 42.5 Å². The van der Waals surface area contributed by atoms with Crippen LogP contribution >= 0.6 is 0 Å². The largest absolute Gasteiger partial charge is 0.504 e. The molecule has 4 aromatic carbocycles. The first kappa shape index (κ1) is 27.3. The normalized spacial score (nSPS) is 24.0. The minimum absolute atomic E-state index is 0.0175. The van der Waals surface area contributed by atoms with Crippen LogP contribution in [0.25, 0.3) is 10.8 Å². The third-order valence-corrected chi connectivity index (χ3v) is 9.70. The minimum Gasteiger partial charge on any atom is -0.504 e. The number of benzene rings is 4. The highest BCUT2D eigenvalue weighted by atomic mass is 16.5. The Bertz CT molecular complexity index is 1770. The van der Waals surface area contributed by atoms with Gasteiger partial charge in [-0.2, -0.15) is 0 Å². The van der Waals surface area contributed by atoms with E-state index in [2.05, 4.69) is 4.90 Å². The lowest BCUT2D eigenvalue weighted by Gasteiger charge is -2.38. The van der Waals surface area contributed by atoms with Crippen molar-refractivity contribution in [1.29, 1.82) is 0 Å². The number of aromatic hydroxyl groups is 1. The summed E-state index contributed by atoms with van der Waals surface area (Å²) in [6.07, 6.45) is 1.73. The number of nitrogens with zero attached hydrogens (tertiary/aromatic N) is 1. The van der Waals surface area contributed by atoms with Crippen molar-refractivity contribution < 1.29 is 33.6 Å². The Morgan fingerprint density at radius 3 is 2.26 bits per heavy atom. The Morgan fingerprint density at radius 1 is 0.884 bits per heavy atom. The summed E-state index contributed by atoms with van der Waals surface area (Å²) in [5.41, 5.74) is 1.51. The highest BCUT2D eigenvalue weighted by molar-refractivity contribution is 6.23. The van der Waals surface area contributed by atoms with Crippen molar-refractivity contribution in [2.75, 3.05) is 35.0 Å². The molecule has 220 valence electrons. The van der Waals surface area contributed by atoms with E-state index in [1.54, 1.807) is 24.3 Å². The third-order valence-electron chi connectivity index (χ3n) is 9.70. The molecular weight excluding hydrogens is 546 g/mol. The zero-order valence-corrected chi connectivity index (χ0v) is 24.5. The molecule has 1 spiro atoms. The summed E-state index contributed by atoms with van der Waals surface area (Å²) >= 11 is 0. The van der Waals surface area contributed by atoms with E-state index < -0.39 is 11.5 Å². The average Bonchev–Trinajstić information content (AvgIpc) is 3.70. The predicted octanol–water partition coefficient (Wildman–Crippen LogP) is 5.73. The van der Waals surface area contributed by atoms with Crippen molar-refractivity contribution in [3.05, 3.63) is 89.0 Å². The van der Waals surface area contributed by atoms with Gasteiger partial charge in [0, 0.05) is 23.1 Å². The number of methoxy groups -OCH3 is 4. The van der Waals surface area contributed by atoms with Crippen molar-refractivity contribution >= 4 is 22.3 Å². The number of hydrogen-bond acceptors (Lipinski definition) is 8. The SMILES string of the molecule is COc1cc(C2C3CCCN3C3(C(=O)c4cccc5cccc3c45)C2C(=O)c2cc(OC)c(OC)c(OC)c2)ccc1O. The summed E-state index contributed by atoms with van der Waals surface area (Å²) in [6.45, 7) is 0.686. The van der Waals surface area contributed by atoms with Crippen molar-refractivity contribution in [2.45, 2.75) is 30.3 Å². The van der Waals surface area contributed by atoms with E-state index in [0.717, 1.165) is 34.7 Å². The molecule has 0 amide bonds. The molecule has 8 heteroatoms. The molecule has 2 saturated heterocycles. The molecule has 43 heavy (non-hydrogen) atoms. The third kappa shape index (κ3) is 3.59. The van der Waals surface area contributed by atoms with E-state index in [1.165, 1.54) is 28.4 Å². The van der Waals surface area contributed by atoms with Gasteiger partial charge in [0.25, 0.3) is 0 Å². The zero-order chi connectivity index (χ0) is 30.0. The maximum atomic E-state index is 15.2. The summed E-state index contributed by atoms with van der Waals surface area (Å²) < 4.78 is 22.3. The van der Waals surface area contributed by atoms with E-state index in [0.29, 0.717) is 40.7 Å². The van der Waals surface area contributed by atoms with Crippen LogP contribution in [0.5, 0.6) is 28.7 Å². The minimum atomic E-state index is -1.21. The van der Waals surface area contributed by atoms with Crippen LogP contribution in [0.3, 0.4) is 0 Å². The lowest BCUT2D eigenvalue weighted by atomic mass is 9.68. The van der Waals surface area contributed by atoms with E-state index in [1.807, 2.05) is 42.5 Å². The monoisotopic (exact) mass is 579 g/mol. The fraction of sp³-hybridized carbons (Fsp3) is 0.314. The molecule has 4 atom stereocenters. The molecule has 7 rings (SSSR count). The number of rotatable bonds is 7. The number of phenolic OH excluding ortho intramolecular Hbond substituents is 1. The van der Waals surface area contributed by atoms with Crippen molar-refractivity contribution in [3.8, 4) is 28.7 Å². The molecule has 2 heterocycles. The second-order valence-electron chi connectivity index (χ2n) is 11.4. The van der Waals surface area contributed by atoms with E-state index >= 15 is 4.79 Å². The second kappa shape index (κ2) is 10.0. The zero-order valence-electron chi connectivity index (χ0n) is 24.5. The smallest absolute Gasteiger partial charge is 0.203 e. The van der Waals surface area contributed by atoms with Crippen LogP contribution in [0.4, 0.5) is 0 Å². The van der Waals surface area contributed by atoms with Crippen LogP contribution in [-0.4, -0.2) is 62.6 Å². The second-order valence-corrected chi connectivity index (χ2v) is 11.4. The molecular formula is C35H33NO7. The first-order chi connectivity index (χ1) is 20.9. The number of phenols is 1. The number of carbonyl (C=O) groups is 2. The summed E-state index contributed by atoms with van der Waals surface area (Å²) in [5, 5.41) is 12.3. The summed E-state index contributed by atoms with van der Waals surface area (Å²) in [7, 11) is 6.06. The summed E-state index contributed by atoms with van der Waals surface area (Å²) in [4.78, 5) is 32.4. The van der Waals surface area contributed by atoms with Gasteiger partial charge in [0.15, 0.2) is 34.6 Å². The van der Waals surface area contributed by atoms with Crippen LogP contribution in [0.15, 0.2) is 66.7 Å². The number of ether oxygens (including phenoxy) is 4. The Labute approximate surface area is 249 Å². The number of fused-ring (bicyclic) bond motifs is 3. The van der Waals surface area contributed by atoms with Gasteiger partial charge in [-0.3, -0.25) is 14.5 Å². The molecule has 2 aliphatic heterocycles. The number of Topliss-reactive ketones (excluding diaryl/α,β-unsaturated/α-hetero) is 2. The van der Waals surface area contributed by atoms with Gasteiger partial charge < -0.3 is 24.1 Å². The Balaban J connectivity index is 1.52. The van der Waals surface area contributed by atoms with Gasteiger partial charge in [0.1, 0.15) is 5.54 Å². The molecule has 1 aliphatic carbocycles. The number of carbonyl (C=O) groups excluding carboxylic acids is 2. The van der Waals surface area contributed by atoms with Crippen molar-refractivity contribution in [3.63, 3.8) is 0 Å². The standard InChI is InChI=1S/C35H33NO7/c1-40-26-16-20(13-14-25(26)37)30-24-12-7-15-36(24)35(23-11-6-9-19-8-5-10-22(29(19)23)34(35)39)31(30)32(38)21-17-27(41-2)33(43-4)28(18-21)42-3/h5-6,8-11,13-14,16-18,24,30-31,37H,7,12,15H2,1-4H3. The summed E-state index contributed by atoms with van der Waals surface area (Å²) in [5.74, 6) is 0.0604. The van der Waals surface area contributed by atoms with E-state index in [-0.39, 0.29) is 29.3 Å². The molecule has 8 nitrogen and oxygen atoms in total. The number of hydrogen-bond donors (Lipinski definition) is 1. The molecule has 2 fully saturated rings. The molecule has 0 aromatic heterocycles. The van der Waals surface area contributed by atoms with Crippen molar-refractivity contribution in [1.82, 2.24) is 4.90 Å². The predicted molar refractivity (Wildman–Crippen MR) is 161 cm³/mol. The van der Waals surface area contributed by atoms with Gasteiger partial charge in [0.2, 0.25) is 5.75 Å². The Morgan fingerprint density at radius 2 is 1.58 bits per heavy atom. The lowest BCUT2D eigenvalue weighted by Crippen LogP contribution is -2.51. The van der Waals surface area contributed by atoms with Gasteiger partial charge in [-0.05, 0) is 65.6 Å². The summed E-state index contributed by atoms with van der Waals surface area (Å²) in [6, 6.07) is 20.3. The maximum absolute atomic E-state index is 15.2. The molecule has 1 N–H and O–H groups in total. The van der Waals surface area contributed by atoms with Crippen LogP contribution in [0.2, 0.25) is 0 Å².